The zero-order chi connectivity index (χ0) is 32.2. The number of aryl methyl sites for hydroxylation is 2. The molecular formula is C36H50N6O4. The summed E-state index contributed by atoms with van der Waals surface area (Å²) in [6.07, 6.45) is 4.21. The molecule has 3 fully saturated rings. The van der Waals surface area contributed by atoms with E-state index < -0.39 is 18.1 Å². The van der Waals surface area contributed by atoms with Gasteiger partial charge < -0.3 is 30.4 Å². The molecule has 2 unspecified atom stereocenters. The van der Waals surface area contributed by atoms with Crippen LogP contribution in [0.2, 0.25) is 0 Å². The van der Waals surface area contributed by atoms with Crippen LogP contribution < -0.4 is 10.6 Å². The Hall–Kier alpha value is -3.63. The summed E-state index contributed by atoms with van der Waals surface area (Å²) in [5.74, 6) is -0.494. The molecular weight excluding hydrogens is 580 g/mol. The second kappa shape index (κ2) is 14.4. The summed E-state index contributed by atoms with van der Waals surface area (Å²) < 4.78 is 0. The molecule has 10 heteroatoms. The van der Waals surface area contributed by atoms with Gasteiger partial charge in [0.25, 0.3) is 0 Å². The van der Waals surface area contributed by atoms with Crippen molar-refractivity contribution in [2.75, 3.05) is 57.7 Å². The number of carbonyl (C=O) groups excluding carboxylic acids is 2. The van der Waals surface area contributed by atoms with Crippen molar-refractivity contribution >= 4 is 23.7 Å². The van der Waals surface area contributed by atoms with Crippen LogP contribution in [-0.4, -0.2) is 113 Å². The largest absolute Gasteiger partial charge is 0.465 e. The highest BCUT2D eigenvalue weighted by Crippen LogP contribution is 2.33. The van der Waals surface area contributed by atoms with E-state index in [1.165, 1.54) is 4.90 Å². The predicted octanol–water partition coefficient (Wildman–Crippen LogP) is 4.35. The van der Waals surface area contributed by atoms with E-state index in [-0.39, 0.29) is 18.0 Å². The van der Waals surface area contributed by atoms with E-state index in [9.17, 15) is 19.5 Å². The number of piperidine rings is 2. The zero-order valence-corrected chi connectivity index (χ0v) is 27.4. The van der Waals surface area contributed by atoms with Gasteiger partial charge in [-0.15, -0.1) is 0 Å². The number of nitrogens with one attached hydrogen (secondary N) is 2. The maximum atomic E-state index is 14.6. The first-order valence-electron chi connectivity index (χ1n) is 17.2. The lowest BCUT2D eigenvalue weighted by Crippen LogP contribution is -2.59. The number of rotatable bonds is 6. The Balaban J connectivity index is 1.24. The minimum atomic E-state index is -0.997. The van der Waals surface area contributed by atoms with E-state index in [0.717, 1.165) is 79.8 Å². The molecule has 0 saturated carbocycles. The van der Waals surface area contributed by atoms with Gasteiger partial charge in [0.1, 0.15) is 0 Å². The SMILES string of the molecule is Cc1cc(C)cc(CC(C(=O)N2CCC(N3CCCNCC3)CC2)[C@H]2CC(N3CCc4ccccc4NC3=O)CCN2C(=O)O)c1. The summed E-state index contributed by atoms with van der Waals surface area (Å²) >= 11 is 0. The van der Waals surface area contributed by atoms with Crippen LogP contribution in [0.1, 0.15) is 54.4 Å². The number of hydrogen-bond donors (Lipinski definition) is 3. The number of hydrogen-bond acceptors (Lipinski definition) is 5. The van der Waals surface area contributed by atoms with Gasteiger partial charge in [-0.2, -0.15) is 0 Å². The van der Waals surface area contributed by atoms with Crippen molar-refractivity contribution < 1.29 is 19.5 Å². The molecule has 3 atom stereocenters. The fraction of sp³-hybridized carbons (Fsp3) is 0.583. The molecule has 0 aliphatic carbocycles. The molecule has 2 aromatic carbocycles. The number of benzene rings is 2. The average Bonchev–Trinajstić information content (AvgIpc) is 3.42. The topological polar surface area (TPSA) is 108 Å². The molecule has 0 aromatic heterocycles. The molecule has 4 amide bonds. The van der Waals surface area contributed by atoms with Crippen molar-refractivity contribution in [3.05, 3.63) is 64.7 Å². The number of urea groups is 1. The summed E-state index contributed by atoms with van der Waals surface area (Å²) in [4.78, 5) is 48.8. The van der Waals surface area contributed by atoms with E-state index in [2.05, 4.69) is 47.6 Å². The lowest BCUT2D eigenvalue weighted by Gasteiger charge is -2.46. The molecule has 2 aromatic rings. The third kappa shape index (κ3) is 7.33. The van der Waals surface area contributed by atoms with Gasteiger partial charge >= 0.3 is 12.1 Å². The Morgan fingerprint density at radius 1 is 0.913 bits per heavy atom. The zero-order valence-electron chi connectivity index (χ0n) is 27.4. The normalized spacial score (nSPS) is 24.0. The fourth-order valence-corrected chi connectivity index (χ4v) is 8.36. The van der Waals surface area contributed by atoms with E-state index in [0.29, 0.717) is 51.5 Å². The monoisotopic (exact) mass is 630 g/mol. The van der Waals surface area contributed by atoms with E-state index in [1.54, 1.807) is 0 Å². The van der Waals surface area contributed by atoms with Crippen LogP contribution in [-0.2, 0) is 17.6 Å². The van der Waals surface area contributed by atoms with Crippen molar-refractivity contribution in [1.29, 1.82) is 0 Å². The van der Waals surface area contributed by atoms with E-state index in [1.807, 2.05) is 34.1 Å². The predicted molar refractivity (Wildman–Crippen MR) is 179 cm³/mol. The summed E-state index contributed by atoms with van der Waals surface area (Å²) in [6, 6.07) is 13.9. The van der Waals surface area contributed by atoms with Gasteiger partial charge in [0.05, 0.1) is 5.92 Å². The summed E-state index contributed by atoms with van der Waals surface area (Å²) in [5.41, 5.74) is 5.24. The van der Waals surface area contributed by atoms with Crippen LogP contribution in [0.3, 0.4) is 0 Å². The summed E-state index contributed by atoms with van der Waals surface area (Å²) in [7, 11) is 0. The maximum Gasteiger partial charge on any atom is 0.407 e. The first kappa shape index (κ1) is 32.3. The number of anilines is 1. The third-order valence-corrected chi connectivity index (χ3v) is 10.6. The van der Waals surface area contributed by atoms with Crippen LogP contribution in [0.5, 0.6) is 0 Å². The first-order valence-corrected chi connectivity index (χ1v) is 17.2. The Morgan fingerprint density at radius 3 is 2.41 bits per heavy atom. The Kier molecular flexibility index (Phi) is 10.1. The van der Waals surface area contributed by atoms with Crippen LogP contribution in [0.25, 0.3) is 0 Å². The molecule has 248 valence electrons. The molecule has 4 aliphatic heterocycles. The van der Waals surface area contributed by atoms with Crippen molar-refractivity contribution in [2.45, 2.75) is 76.9 Å². The molecule has 46 heavy (non-hydrogen) atoms. The molecule has 4 aliphatic rings. The average molecular weight is 631 g/mol. The van der Waals surface area contributed by atoms with Crippen LogP contribution in [0.4, 0.5) is 15.3 Å². The minimum absolute atomic E-state index is 0.0414. The van der Waals surface area contributed by atoms with Crippen molar-refractivity contribution in [2.24, 2.45) is 5.92 Å². The second-order valence-electron chi connectivity index (χ2n) is 13.8. The van der Waals surface area contributed by atoms with Gasteiger partial charge in [-0.3, -0.25) is 9.69 Å². The number of carbonyl (C=O) groups is 3. The minimum Gasteiger partial charge on any atom is -0.465 e. The molecule has 0 bridgehead atoms. The van der Waals surface area contributed by atoms with Gasteiger partial charge in [0, 0.05) is 63.1 Å². The summed E-state index contributed by atoms with van der Waals surface area (Å²) in [5, 5.41) is 17.0. The molecule has 3 saturated heterocycles. The third-order valence-electron chi connectivity index (χ3n) is 10.6. The molecule has 3 N–H and O–H groups in total. The van der Waals surface area contributed by atoms with Crippen LogP contribution >= 0.6 is 0 Å². The lowest BCUT2D eigenvalue weighted by atomic mass is 9.82. The number of fused-ring (bicyclic) bond motifs is 1. The first-order chi connectivity index (χ1) is 22.3. The Bertz CT molecular complexity index is 1380. The van der Waals surface area contributed by atoms with Crippen molar-refractivity contribution in [3.63, 3.8) is 0 Å². The van der Waals surface area contributed by atoms with Gasteiger partial charge in [-0.05, 0) is 89.1 Å². The van der Waals surface area contributed by atoms with E-state index in [4.69, 9.17) is 0 Å². The second-order valence-corrected chi connectivity index (χ2v) is 13.8. The number of likely N-dealkylation sites (tertiary alicyclic amines) is 2. The van der Waals surface area contributed by atoms with Gasteiger partial charge in [0.2, 0.25) is 5.91 Å². The van der Waals surface area contributed by atoms with Crippen molar-refractivity contribution in [3.8, 4) is 0 Å². The lowest BCUT2D eigenvalue weighted by molar-refractivity contribution is -0.140. The van der Waals surface area contributed by atoms with Gasteiger partial charge in [0.15, 0.2) is 0 Å². The highest BCUT2D eigenvalue weighted by molar-refractivity contribution is 5.91. The van der Waals surface area contributed by atoms with Crippen LogP contribution in [0.15, 0.2) is 42.5 Å². The van der Waals surface area contributed by atoms with Crippen molar-refractivity contribution in [1.82, 2.24) is 24.9 Å². The number of para-hydroxylation sites is 1. The summed E-state index contributed by atoms with van der Waals surface area (Å²) in [6.45, 7) is 10.5. The van der Waals surface area contributed by atoms with Gasteiger partial charge in [-0.25, -0.2) is 9.59 Å². The molecule has 0 spiro atoms. The maximum absolute atomic E-state index is 14.6. The van der Waals surface area contributed by atoms with Crippen LogP contribution in [0, 0.1) is 19.8 Å². The quantitative estimate of drug-likeness (QED) is 0.438. The number of carboxylic acid groups (broad SMARTS) is 1. The number of amides is 4. The number of nitrogens with zero attached hydrogens (tertiary/aromatic N) is 4. The van der Waals surface area contributed by atoms with Gasteiger partial charge in [-0.1, -0.05) is 47.5 Å². The molecule has 6 rings (SSSR count). The standard InChI is InChI=1S/C36H50N6O4/c1-25-20-26(2)22-27(21-25)23-31(34(43)40-15-9-29(10-16-40)39-14-5-12-37-13-19-39)33-24-30(11-18-42(33)36(45)46)41-17-8-28-6-3-4-7-32(28)38-35(41)44/h3-4,6-7,20-22,29-31,33,37H,5,8-19,23-24H2,1-2H3,(H,38,44)(H,45,46)/t30?,31?,33-/m1/s1. The highest BCUT2D eigenvalue weighted by Gasteiger charge is 2.44. The fourth-order valence-electron chi connectivity index (χ4n) is 8.36. The molecule has 0 radical (unpaired) electrons. The molecule has 4 heterocycles. The highest BCUT2D eigenvalue weighted by atomic mass is 16.4. The Morgan fingerprint density at radius 2 is 1.65 bits per heavy atom. The smallest absolute Gasteiger partial charge is 0.407 e. The van der Waals surface area contributed by atoms with E-state index >= 15 is 0 Å². The molecule has 10 nitrogen and oxygen atoms in total. The Labute approximate surface area is 273 Å².